The predicted octanol–water partition coefficient (Wildman–Crippen LogP) is 26.5. The molecule has 0 aliphatic rings. The van der Waals surface area contributed by atoms with E-state index in [2.05, 4.69) is 34.6 Å². The Balaban J connectivity index is 2.26. The van der Waals surface area contributed by atoms with Gasteiger partial charge in [-0.15, -0.1) is 0 Å². The number of hydrogen-bond donors (Lipinski definition) is 2. The highest BCUT2D eigenvalue weighted by molar-refractivity contribution is 6.17. The summed E-state index contributed by atoms with van der Waals surface area (Å²) in [4.78, 5) is 90.5. The number of carbonyl (C=O) groups excluding carboxylic acids is 5. The van der Waals surface area contributed by atoms with E-state index in [1.807, 2.05) is 0 Å². The average molecular weight is 1350 g/mol. The maximum Gasteiger partial charge on any atom is 0.311 e. The van der Waals surface area contributed by atoms with Gasteiger partial charge in [0.1, 0.15) is 16.5 Å². The van der Waals surface area contributed by atoms with Gasteiger partial charge < -0.3 is 28.8 Å². The van der Waals surface area contributed by atoms with E-state index in [0.717, 1.165) is 141 Å². The number of phenolic OH excluding ortho intramolecular Hbond substituents is 2. The molecular formula is C85H140O12. The molecule has 0 saturated carbocycles. The first-order valence-electron chi connectivity index (χ1n) is 40.8. The summed E-state index contributed by atoms with van der Waals surface area (Å²) in [7, 11) is 0. The van der Waals surface area contributed by atoms with E-state index in [1.165, 1.54) is 198 Å². The largest absolute Gasteiger partial charge is 0.504 e. The molecule has 1 heterocycles. The summed E-state index contributed by atoms with van der Waals surface area (Å²) in [5, 5.41) is 21.1. The first-order valence-corrected chi connectivity index (χ1v) is 40.8. The van der Waals surface area contributed by atoms with Crippen molar-refractivity contribution in [1.82, 2.24) is 0 Å². The summed E-state index contributed by atoms with van der Waals surface area (Å²) in [6.07, 6.45) is 58.1. The van der Waals surface area contributed by atoms with E-state index in [1.54, 1.807) is 0 Å². The minimum atomic E-state index is -0.986. The first kappa shape index (κ1) is 86.2. The fourth-order valence-electron chi connectivity index (χ4n) is 13.5. The Morgan fingerprint density at radius 2 is 0.567 bits per heavy atom. The number of unbranched alkanes of at least 4 members (excludes halogenated alkanes) is 50. The van der Waals surface area contributed by atoms with E-state index >= 15 is 14.4 Å². The Bertz CT molecular complexity index is 2630. The Morgan fingerprint density at radius 3 is 0.866 bits per heavy atom. The molecule has 97 heavy (non-hydrogen) atoms. The lowest BCUT2D eigenvalue weighted by atomic mass is 9.92. The molecule has 0 fully saturated rings. The van der Waals surface area contributed by atoms with E-state index < -0.39 is 74.6 Å². The zero-order chi connectivity index (χ0) is 70.2. The van der Waals surface area contributed by atoms with E-state index in [9.17, 15) is 24.6 Å². The first-order chi connectivity index (χ1) is 47.4. The average Bonchev–Trinajstić information content (AvgIpc) is 0.725. The molecule has 0 spiro atoms. The zero-order valence-corrected chi connectivity index (χ0v) is 62.6. The number of hydrogen-bond acceptors (Lipinski definition) is 12. The van der Waals surface area contributed by atoms with Crippen LogP contribution in [0.3, 0.4) is 0 Å². The smallest absolute Gasteiger partial charge is 0.311 e. The number of esters is 3. The van der Waals surface area contributed by atoms with Gasteiger partial charge in [-0.2, -0.15) is 0 Å². The molecule has 2 aromatic carbocycles. The molecule has 0 atom stereocenters. The molecule has 0 aliphatic carbocycles. The number of ketones is 2. The highest BCUT2D eigenvalue weighted by atomic mass is 16.6. The van der Waals surface area contributed by atoms with Crippen LogP contribution in [-0.2, 0) is 14.4 Å². The van der Waals surface area contributed by atoms with Crippen LogP contribution in [-0.4, -0.2) is 39.7 Å². The van der Waals surface area contributed by atoms with Crippen LogP contribution in [0.2, 0.25) is 0 Å². The van der Waals surface area contributed by atoms with Gasteiger partial charge in [-0.3, -0.25) is 28.8 Å². The monoisotopic (exact) mass is 1350 g/mol. The Morgan fingerprint density at radius 1 is 0.309 bits per heavy atom. The molecule has 1 aromatic heterocycles. The van der Waals surface area contributed by atoms with Crippen LogP contribution >= 0.6 is 0 Å². The van der Waals surface area contributed by atoms with Gasteiger partial charge in [0, 0.05) is 37.7 Å². The maximum absolute atomic E-state index is 16.0. The topological polar surface area (TPSA) is 184 Å². The van der Waals surface area contributed by atoms with Crippen LogP contribution in [0.4, 0.5) is 0 Å². The van der Waals surface area contributed by atoms with Gasteiger partial charge in [-0.1, -0.05) is 356 Å². The highest BCUT2D eigenvalue weighted by Crippen LogP contribution is 2.46. The van der Waals surface area contributed by atoms with Crippen molar-refractivity contribution in [3.8, 4) is 40.1 Å². The van der Waals surface area contributed by atoms with Crippen molar-refractivity contribution in [3.05, 3.63) is 39.5 Å². The quantitative estimate of drug-likeness (QED) is 0.0180. The zero-order valence-electron chi connectivity index (χ0n) is 62.6. The van der Waals surface area contributed by atoms with Crippen molar-refractivity contribution in [3.63, 3.8) is 0 Å². The molecule has 0 saturated heterocycles. The second-order valence-corrected chi connectivity index (χ2v) is 28.6. The van der Waals surface area contributed by atoms with Gasteiger partial charge in [0.2, 0.25) is 11.2 Å². The second-order valence-electron chi connectivity index (χ2n) is 28.6. The van der Waals surface area contributed by atoms with Crippen molar-refractivity contribution >= 4 is 40.4 Å². The fraction of sp³-hybridized carbons (Fsp3) is 0.765. The van der Waals surface area contributed by atoms with Crippen LogP contribution in [0.25, 0.3) is 22.3 Å². The van der Waals surface area contributed by atoms with Gasteiger partial charge in [-0.05, 0) is 50.3 Å². The molecule has 0 unspecified atom stereocenters. The van der Waals surface area contributed by atoms with Gasteiger partial charge in [0.25, 0.3) is 0 Å². The van der Waals surface area contributed by atoms with Gasteiger partial charge in [-0.25, -0.2) is 0 Å². The number of phenols is 2. The van der Waals surface area contributed by atoms with Gasteiger partial charge in [0.05, 0.1) is 0 Å². The molecule has 3 rings (SSSR count). The molecule has 2 N–H and O–H groups in total. The molecule has 0 radical (unpaired) electrons. The molecule has 12 heteroatoms. The summed E-state index contributed by atoms with van der Waals surface area (Å²) in [5.41, 5.74) is -2.01. The van der Waals surface area contributed by atoms with Crippen LogP contribution < -0.4 is 19.6 Å². The van der Waals surface area contributed by atoms with E-state index in [-0.39, 0.29) is 54.6 Å². The normalized spacial score (nSPS) is 11.5. The Kier molecular flexibility index (Phi) is 51.3. The van der Waals surface area contributed by atoms with Gasteiger partial charge in [0.15, 0.2) is 45.9 Å². The third kappa shape index (κ3) is 38.4. The fourth-order valence-corrected chi connectivity index (χ4v) is 13.5. The van der Waals surface area contributed by atoms with Crippen LogP contribution in [0, 0.1) is 0 Å². The standard InChI is InChI=1S/C85H140O12/c1-6-11-16-21-26-31-36-41-46-51-56-61-71(87)77-82(94-74(90)63-58-53-48-43-38-33-28-23-18-13-8-3)78(72(88)62-57-52-47-42-37-32-27-22-17-12-7-2)84-79(83(77)95-75(91)64-59-54-49-44-39-34-29-24-19-14-9-4)80(93)85(81(97-84)69-66-67-70(86)73(89)68-69)96-76(92)65-60-55-50-45-40-35-30-25-20-15-10-5/h66-68,86,89H,6-65H2,1-5H3. The Hall–Kier alpha value is -5.00. The van der Waals surface area contributed by atoms with Crippen molar-refractivity contribution in [1.29, 1.82) is 0 Å². The Labute approximate surface area is 589 Å². The third-order valence-corrected chi connectivity index (χ3v) is 19.6. The summed E-state index contributed by atoms with van der Waals surface area (Å²) in [5.74, 6) is -6.06. The number of benzene rings is 2. The number of aromatic hydroxyl groups is 2. The predicted molar refractivity (Wildman–Crippen MR) is 402 cm³/mol. The molecular weight excluding hydrogens is 1210 g/mol. The second kappa shape index (κ2) is 57.7. The van der Waals surface area contributed by atoms with Crippen LogP contribution in [0.1, 0.15) is 441 Å². The lowest BCUT2D eigenvalue weighted by Gasteiger charge is -2.21. The van der Waals surface area contributed by atoms with Crippen molar-refractivity contribution in [2.45, 2.75) is 420 Å². The molecule has 0 bridgehead atoms. The summed E-state index contributed by atoms with van der Waals surface area (Å²) in [6, 6.07) is 3.77. The number of rotatable bonds is 66. The molecule has 0 amide bonds. The number of ether oxygens (including phenoxy) is 3. The number of fused-ring (bicyclic) bond motifs is 1. The van der Waals surface area contributed by atoms with Crippen molar-refractivity contribution < 1.29 is 52.8 Å². The van der Waals surface area contributed by atoms with Crippen LogP contribution in [0.15, 0.2) is 27.4 Å². The van der Waals surface area contributed by atoms with Crippen molar-refractivity contribution in [2.75, 3.05) is 0 Å². The minimum absolute atomic E-state index is 0.0164. The summed E-state index contributed by atoms with van der Waals surface area (Å²) < 4.78 is 25.8. The van der Waals surface area contributed by atoms with E-state index in [4.69, 9.17) is 18.6 Å². The SMILES string of the molecule is CCCCCCCCCCCCCC(=O)Oc1c(C(=O)CCCCCCCCCCCCC)c(OC(=O)CCCCCCCCCCCCC)c2c(=O)c(OC(=O)CCCCCCCCCCCCC)c(-c3ccc(O)c(O)c3)oc2c1C(=O)CCCCCCCCCCCCC. The van der Waals surface area contributed by atoms with Gasteiger partial charge >= 0.3 is 17.9 Å². The van der Waals surface area contributed by atoms with Crippen LogP contribution in [0.5, 0.6) is 28.7 Å². The van der Waals surface area contributed by atoms with Crippen molar-refractivity contribution in [2.24, 2.45) is 0 Å². The van der Waals surface area contributed by atoms with E-state index in [0.29, 0.717) is 32.1 Å². The number of Topliss-reactive ketones (excluding diaryl/α,β-unsaturated/α-hetero) is 2. The lowest BCUT2D eigenvalue weighted by molar-refractivity contribution is -0.135. The molecule has 0 aliphatic heterocycles. The molecule has 3 aromatic rings. The minimum Gasteiger partial charge on any atom is -0.504 e. The molecule has 552 valence electrons. The number of carbonyl (C=O) groups is 5. The third-order valence-electron chi connectivity index (χ3n) is 19.6. The summed E-state index contributed by atoms with van der Waals surface area (Å²) in [6.45, 7) is 11.1. The highest BCUT2D eigenvalue weighted by Gasteiger charge is 2.37. The maximum atomic E-state index is 16.0. The lowest BCUT2D eigenvalue weighted by Crippen LogP contribution is -2.22. The molecule has 12 nitrogen and oxygen atoms in total. The summed E-state index contributed by atoms with van der Waals surface area (Å²) >= 11 is 0.